The van der Waals surface area contributed by atoms with E-state index in [0.717, 1.165) is 6.07 Å². The van der Waals surface area contributed by atoms with Gasteiger partial charge in [0.1, 0.15) is 6.10 Å². The average molecular weight is 317 g/mol. The number of anilines is 1. The van der Waals surface area contributed by atoms with Gasteiger partial charge in [-0.1, -0.05) is 6.07 Å². The van der Waals surface area contributed by atoms with Gasteiger partial charge in [0, 0.05) is 5.69 Å². The predicted octanol–water partition coefficient (Wildman–Crippen LogP) is 2.58. The smallest absolute Gasteiger partial charge is 0.416 e. The number of benzene rings is 1. The van der Waals surface area contributed by atoms with Crippen molar-refractivity contribution in [3.8, 4) is 0 Å². The Morgan fingerprint density at radius 2 is 1.91 bits per heavy atom. The maximum atomic E-state index is 12.8. The zero-order valence-electron chi connectivity index (χ0n) is 11.6. The summed E-state index contributed by atoms with van der Waals surface area (Å²) in [4.78, 5) is 22.7. The highest BCUT2D eigenvalue weighted by Gasteiger charge is 2.36. The summed E-state index contributed by atoms with van der Waals surface area (Å²) in [7, 11) is 0. The van der Waals surface area contributed by atoms with Crippen LogP contribution in [0.5, 0.6) is 0 Å². The van der Waals surface area contributed by atoms with E-state index in [0.29, 0.717) is 0 Å². The van der Waals surface area contributed by atoms with Gasteiger partial charge in [-0.25, -0.2) is 4.79 Å². The van der Waals surface area contributed by atoms with Gasteiger partial charge < -0.3 is 15.2 Å². The molecular weight excluding hydrogens is 303 g/mol. The number of amides is 1. The Hall–Kier alpha value is -2.09. The monoisotopic (exact) mass is 317 g/mol. The standard InChI is InChI=1S/C14H14F3NO4/c1-7-8(14(15,16)17)3-2-4-9(7)18-12(19)10-5-6-11(22-10)13(20)21/h2-4,10-11H,5-6H2,1H3,(H,18,19)(H,20,21)/t10-,11+/m0/s1. The van der Waals surface area contributed by atoms with Crippen LogP contribution in [0.4, 0.5) is 18.9 Å². The molecule has 2 atom stereocenters. The average Bonchev–Trinajstić information content (AvgIpc) is 2.89. The molecule has 1 saturated heterocycles. The second-order valence-corrected chi connectivity index (χ2v) is 4.99. The summed E-state index contributed by atoms with van der Waals surface area (Å²) in [5.74, 6) is -1.81. The number of hydrogen-bond acceptors (Lipinski definition) is 3. The minimum atomic E-state index is -4.51. The van der Waals surface area contributed by atoms with Crippen molar-refractivity contribution in [2.45, 2.75) is 38.1 Å². The molecule has 1 amide bonds. The molecule has 5 nitrogen and oxygen atoms in total. The molecule has 1 heterocycles. The van der Waals surface area contributed by atoms with Crippen LogP contribution in [-0.4, -0.2) is 29.2 Å². The van der Waals surface area contributed by atoms with Crippen LogP contribution in [-0.2, 0) is 20.5 Å². The van der Waals surface area contributed by atoms with Gasteiger partial charge in [0.05, 0.1) is 5.56 Å². The molecule has 1 aromatic rings. The van der Waals surface area contributed by atoms with E-state index in [1.54, 1.807) is 0 Å². The second kappa shape index (κ2) is 5.96. The van der Waals surface area contributed by atoms with E-state index < -0.39 is 35.8 Å². The van der Waals surface area contributed by atoms with Crippen LogP contribution in [0.3, 0.4) is 0 Å². The largest absolute Gasteiger partial charge is 0.479 e. The van der Waals surface area contributed by atoms with Crippen LogP contribution < -0.4 is 5.32 Å². The van der Waals surface area contributed by atoms with Crippen molar-refractivity contribution in [2.24, 2.45) is 0 Å². The van der Waals surface area contributed by atoms with E-state index >= 15 is 0 Å². The fourth-order valence-electron chi connectivity index (χ4n) is 2.30. The van der Waals surface area contributed by atoms with Gasteiger partial charge in [-0.15, -0.1) is 0 Å². The predicted molar refractivity (Wildman–Crippen MR) is 70.3 cm³/mol. The molecule has 22 heavy (non-hydrogen) atoms. The first-order chi connectivity index (χ1) is 10.2. The number of carbonyl (C=O) groups is 2. The first-order valence-electron chi connectivity index (χ1n) is 6.56. The lowest BCUT2D eigenvalue weighted by atomic mass is 10.1. The minimum Gasteiger partial charge on any atom is -0.479 e. The molecule has 8 heteroatoms. The van der Waals surface area contributed by atoms with Gasteiger partial charge in [0.25, 0.3) is 5.91 Å². The maximum absolute atomic E-state index is 12.8. The van der Waals surface area contributed by atoms with Gasteiger partial charge in [0.15, 0.2) is 6.10 Å². The molecule has 1 aliphatic rings. The third-order valence-corrected chi connectivity index (χ3v) is 3.48. The molecule has 0 aromatic heterocycles. The number of nitrogens with one attached hydrogen (secondary N) is 1. The number of carboxylic acids is 1. The molecule has 2 rings (SSSR count). The first kappa shape index (κ1) is 16.3. The lowest BCUT2D eigenvalue weighted by Gasteiger charge is -2.16. The van der Waals surface area contributed by atoms with Crippen LogP contribution in [0.1, 0.15) is 24.0 Å². The number of aliphatic carboxylic acids is 1. The molecule has 0 bridgehead atoms. The molecule has 0 spiro atoms. The molecule has 1 aliphatic heterocycles. The summed E-state index contributed by atoms with van der Waals surface area (Å²) >= 11 is 0. The summed E-state index contributed by atoms with van der Waals surface area (Å²) in [6.07, 6.45) is -6.15. The number of hydrogen-bond donors (Lipinski definition) is 2. The molecular formula is C14H14F3NO4. The molecule has 1 fully saturated rings. The number of ether oxygens (including phenoxy) is 1. The van der Waals surface area contributed by atoms with E-state index in [2.05, 4.69) is 5.32 Å². The van der Waals surface area contributed by atoms with Gasteiger partial charge in [-0.2, -0.15) is 13.2 Å². The number of alkyl halides is 3. The van der Waals surface area contributed by atoms with E-state index in [1.165, 1.54) is 19.1 Å². The van der Waals surface area contributed by atoms with Crippen molar-refractivity contribution < 1.29 is 32.6 Å². The van der Waals surface area contributed by atoms with Crippen molar-refractivity contribution in [2.75, 3.05) is 5.32 Å². The number of carbonyl (C=O) groups excluding carboxylic acids is 1. The molecule has 0 aliphatic carbocycles. The Bertz CT molecular complexity index is 600. The highest BCUT2D eigenvalue weighted by molar-refractivity contribution is 5.95. The molecule has 120 valence electrons. The zero-order chi connectivity index (χ0) is 16.5. The van der Waals surface area contributed by atoms with Crippen LogP contribution in [0.25, 0.3) is 0 Å². The number of rotatable bonds is 3. The minimum absolute atomic E-state index is 0.0298. The molecule has 0 saturated carbocycles. The highest BCUT2D eigenvalue weighted by Crippen LogP contribution is 2.34. The summed E-state index contributed by atoms with van der Waals surface area (Å²) in [5.41, 5.74) is -0.903. The van der Waals surface area contributed by atoms with E-state index in [1.807, 2.05) is 0 Å². The van der Waals surface area contributed by atoms with E-state index in [-0.39, 0.29) is 24.1 Å². The third-order valence-electron chi connectivity index (χ3n) is 3.48. The van der Waals surface area contributed by atoms with Gasteiger partial charge >= 0.3 is 12.1 Å². The van der Waals surface area contributed by atoms with Crippen molar-refractivity contribution in [1.29, 1.82) is 0 Å². The normalized spacial score (nSPS) is 21.6. The Morgan fingerprint density at radius 3 is 2.45 bits per heavy atom. The molecule has 1 aromatic carbocycles. The SMILES string of the molecule is Cc1c(NC(=O)[C@@H]2CC[C@H](C(=O)O)O2)cccc1C(F)(F)F. The van der Waals surface area contributed by atoms with Crippen molar-refractivity contribution in [3.05, 3.63) is 29.3 Å². The summed E-state index contributed by atoms with van der Waals surface area (Å²) in [6, 6.07) is 3.48. The van der Waals surface area contributed by atoms with E-state index in [9.17, 15) is 22.8 Å². The van der Waals surface area contributed by atoms with Gasteiger partial charge in [-0.3, -0.25) is 4.79 Å². The lowest BCUT2D eigenvalue weighted by molar-refractivity contribution is -0.151. The quantitative estimate of drug-likeness (QED) is 0.898. The maximum Gasteiger partial charge on any atom is 0.416 e. The Balaban J connectivity index is 2.12. The summed E-state index contributed by atoms with van der Waals surface area (Å²) < 4.78 is 43.5. The second-order valence-electron chi connectivity index (χ2n) is 4.99. The fourth-order valence-corrected chi connectivity index (χ4v) is 2.30. The van der Waals surface area contributed by atoms with Crippen LogP contribution in [0, 0.1) is 6.92 Å². The summed E-state index contributed by atoms with van der Waals surface area (Å²) in [6.45, 7) is 1.26. The highest BCUT2D eigenvalue weighted by atomic mass is 19.4. The summed E-state index contributed by atoms with van der Waals surface area (Å²) in [5, 5.41) is 11.2. The first-order valence-corrected chi connectivity index (χ1v) is 6.56. The number of halogens is 3. The topological polar surface area (TPSA) is 75.6 Å². The third kappa shape index (κ3) is 3.38. The fraction of sp³-hybridized carbons (Fsp3) is 0.429. The van der Waals surface area contributed by atoms with Gasteiger partial charge in [-0.05, 0) is 37.5 Å². The lowest BCUT2D eigenvalue weighted by Crippen LogP contribution is -2.30. The van der Waals surface area contributed by atoms with Crippen molar-refractivity contribution in [3.63, 3.8) is 0 Å². The van der Waals surface area contributed by atoms with Crippen LogP contribution in [0.15, 0.2) is 18.2 Å². The molecule has 0 unspecified atom stereocenters. The van der Waals surface area contributed by atoms with Gasteiger partial charge in [0.2, 0.25) is 0 Å². The molecule has 2 N–H and O–H groups in total. The Labute approximate surface area is 124 Å². The van der Waals surface area contributed by atoms with Crippen LogP contribution >= 0.6 is 0 Å². The number of carboxylic acid groups (broad SMARTS) is 1. The molecule has 0 radical (unpaired) electrons. The Kier molecular flexibility index (Phi) is 4.41. The van der Waals surface area contributed by atoms with Crippen LogP contribution in [0.2, 0.25) is 0 Å². The van der Waals surface area contributed by atoms with Crippen molar-refractivity contribution >= 4 is 17.6 Å². The zero-order valence-corrected chi connectivity index (χ0v) is 11.6. The van der Waals surface area contributed by atoms with E-state index in [4.69, 9.17) is 9.84 Å². The Morgan fingerprint density at radius 1 is 1.27 bits per heavy atom. The van der Waals surface area contributed by atoms with Crippen molar-refractivity contribution in [1.82, 2.24) is 0 Å².